The summed E-state index contributed by atoms with van der Waals surface area (Å²) in [5.41, 5.74) is -0.635. The van der Waals surface area contributed by atoms with Gasteiger partial charge in [0.05, 0.1) is 18.6 Å². The SMILES string of the molecule is O=C(O)C1(Cn2nnnc2C2CCOC2)CC1. The van der Waals surface area contributed by atoms with Crippen LogP contribution in [0.25, 0.3) is 0 Å². The van der Waals surface area contributed by atoms with Crippen LogP contribution in [0.3, 0.4) is 0 Å². The van der Waals surface area contributed by atoms with E-state index in [4.69, 9.17) is 9.84 Å². The van der Waals surface area contributed by atoms with E-state index < -0.39 is 11.4 Å². The zero-order valence-corrected chi connectivity index (χ0v) is 9.37. The zero-order chi connectivity index (χ0) is 11.9. The fraction of sp³-hybridized carbons (Fsp3) is 0.800. The maximum atomic E-state index is 11.1. The average molecular weight is 238 g/mol. The van der Waals surface area contributed by atoms with Gasteiger partial charge in [-0.05, 0) is 29.7 Å². The molecule has 2 heterocycles. The topological polar surface area (TPSA) is 90.1 Å². The van der Waals surface area contributed by atoms with Crippen molar-refractivity contribution in [2.24, 2.45) is 5.41 Å². The number of nitrogens with zero attached hydrogens (tertiary/aromatic N) is 4. The second kappa shape index (κ2) is 3.76. The molecule has 0 bridgehead atoms. The van der Waals surface area contributed by atoms with E-state index in [1.807, 2.05) is 0 Å². The predicted molar refractivity (Wildman–Crippen MR) is 55.3 cm³/mol. The van der Waals surface area contributed by atoms with Crippen molar-refractivity contribution in [3.05, 3.63) is 5.82 Å². The maximum Gasteiger partial charge on any atom is 0.311 e. The molecule has 7 heteroatoms. The van der Waals surface area contributed by atoms with E-state index >= 15 is 0 Å². The molecular formula is C10H14N4O3. The monoisotopic (exact) mass is 238 g/mol. The number of aromatic nitrogens is 4. The highest BCUT2D eigenvalue weighted by atomic mass is 16.5. The number of aliphatic carboxylic acids is 1. The molecule has 1 atom stereocenters. The summed E-state index contributed by atoms with van der Waals surface area (Å²) in [5, 5.41) is 20.7. The number of ether oxygens (including phenoxy) is 1. The first kappa shape index (κ1) is 10.6. The molecule has 3 rings (SSSR count). The van der Waals surface area contributed by atoms with Crippen molar-refractivity contribution in [3.63, 3.8) is 0 Å². The standard InChI is InChI=1S/C10H14N4O3/c15-9(16)10(2-3-10)6-14-8(11-12-13-14)7-1-4-17-5-7/h7H,1-6H2,(H,15,16). The fourth-order valence-electron chi connectivity index (χ4n) is 2.23. The van der Waals surface area contributed by atoms with Crippen molar-refractivity contribution < 1.29 is 14.6 Å². The van der Waals surface area contributed by atoms with Gasteiger partial charge in [-0.3, -0.25) is 4.79 Å². The van der Waals surface area contributed by atoms with Gasteiger partial charge in [-0.25, -0.2) is 4.68 Å². The van der Waals surface area contributed by atoms with Gasteiger partial charge >= 0.3 is 5.97 Å². The minimum absolute atomic E-state index is 0.203. The van der Waals surface area contributed by atoms with Gasteiger partial charge in [-0.15, -0.1) is 5.10 Å². The molecule has 1 unspecified atom stereocenters. The molecule has 1 aromatic heterocycles. The van der Waals surface area contributed by atoms with Crippen molar-refractivity contribution in [1.82, 2.24) is 20.2 Å². The molecule has 0 radical (unpaired) electrons. The Hall–Kier alpha value is -1.50. The van der Waals surface area contributed by atoms with Crippen molar-refractivity contribution in [2.75, 3.05) is 13.2 Å². The Kier molecular flexibility index (Phi) is 2.36. The van der Waals surface area contributed by atoms with E-state index in [0.717, 1.165) is 18.9 Å². The zero-order valence-electron chi connectivity index (χ0n) is 9.37. The van der Waals surface area contributed by atoms with E-state index in [9.17, 15) is 4.79 Å². The van der Waals surface area contributed by atoms with Gasteiger partial charge in [0.2, 0.25) is 0 Å². The van der Waals surface area contributed by atoms with Crippen LogP contribution in [-0.4, -0.2) is 44.5 Å². The first-order chi connectivity index (χ1) is 8.21. The van der Waals surface area contributed by atoms with Gasteiger partial charge in [0.25, 0.3) is 0 Å². The van der Waals surface area contributed by atoms with Gasteiger partial charge in [-0.1, -0.05) is 0 Å². The van der Waals surface area contributed by atoms with Crippen molar-refractivity contribution in [1.29, 1.82) is 0 Å². The van der Waals surface area contributed by atoms with Crippen LogP contribution in [0, 0.1) is 5.41 Å². The summed E-state index contributed by atoms with van der Waals surface area (Å²) in [5.74, 6) is 0.214. The molecule has 17 heavy (non-hydrogen) atoms. The average Bonchev–Trinajstić information content (AvgIpc) is 2.75. The molecule has 1 aliphatic heterocycles. The van der Waals surface area contributed by atoms with Gasteiger partial charge in [0.15, 0.2) is 5.82 Å². The number of tetrazole rings is 1. The normalized spacial score (nSPS) is 26.0. The van der Waals surface area contributed by atoms with Crippen LogP contribution in [0.5, 0.6) is 0 Å². The molecule has 92 valence electrons. The lowest BCUT2D eigenvalue weighted by Gasteiger charge is -2.12. The summed E-state index contributed by atoms with van der Waals surface area (Å²) in [7, 11) is 0. The van der Waals surface area contributed by atoms with Crippen molar-refractivity contribution in [3.8, 4) is 0 Å². The van der Waals surface area contributed by atoms with E-state index in [1.165, 1.54) is 0 Å². The molecule has 7 nitrogen and oxygen atoms in total. The lowest BCUT2D eigenvalue weighted by Crippen LogP contribution is -2.24. The minimum atomic E-state index is -0.748. The second-order valence-electron chi connectivity index (χ2n) is 4.84. The van der Waals surface area contributed by atoms with Crippen molar-refractivity contribution >= 4 is 5.97 Å². The van der Waals surface area contributed by atoms with Crippen LogP contribution >= 0.6 is 0 Å². The molecule has 2 fully saturated rings. The third-order valence-corrected chi connectivity index (χ3v) is 3.61. The Labute approximate surface area is 97.8 Å². The van der Waals surface area contributed by atoms with Gasteiger partial charge < -0.3 is 9.84 Å². The summed E-state index contributed by atoms with van der Waals surface area (Å²) < 4.78 is 6.94. The van der Waals surface area contributed by atoms with E-state index in [0.29, 0.717) is 26.0 Å². The highest BCUT2D eigenvalue weighted by Crippen LogP contribution is 2.47. The Morgan fingerprint density at radius 2 is 2.41 bits per heavy atom. The summed E-state index contributed by atoms with van der Waals surface area (Å²) in [6, 6.07) is 0. The van der Waals surface area contributed by atoms with E-state index in [2.05, 4.69) is 15.5 Å². The Morgan fingerprint density at radius 3 is 3.00 bits per heavy atom. The third-order valence-electron chi connectivity index (χ3n) is 3.61. The third kappa shape index (κ3) is 1.80. The first-order valence-electron chi connectivity index (χ1n) is 5.78. The predicted octanol–water partition coefficient (Wildman–Crippen LogP) is 0.0418. The molecule has 1 aliphatic carbocycles. The minimum Gasteiger partial charge on any atom is -0.481 e. The highest BCUT2D eigenvalue weighted by Gasteiger charge is 2.51. The lowest BCUT2D eigenvalue weighted by atomic mass is 10.1. The van der Waals surface area contributed by atoms with Gasteiger partial charge in [-0.2, -0.15) is 0 Å². The molecular weight excluding hydrogens is 224 g/mol. The number of rotatable bonds is 4. The Bertz CT molecular complexity index is 435. The summed E-state index contributed by atoms with van der Waals surface area (Å²) in [6.07, 6.45) is 2.33. The van der Waals surface area contributed by atoms with Gasteiger partial charge in [0.1, 0.15) is 0 Å². The summed E-state index contributed by atoms with van der Waals surface area (Å²) in [4.78, 5) is 11.1. The smallest absolute Gasteiger partial charge is 0.311 e. The highest BCUT2D eigenvalue weighted by molar-refractivity contribution is 5.77. The Balaban J connectivity index is 1.79. The largest absolute Gasteiger partial charge is 0.481 e. The number of hydrogen-bond acceptors (Lipinski definition) is 5. The van der Waals surface area contributed by atoms with Crippen molar-refractivity contribution in [2.45, 2.75) is 31.7 Å². The summed E-state index contributed by atoms with van der Waals surface area (Å²) >= 11 is 0. The second-order valence-corrected chi connectivity index (χ2v) is 4.84. The first-order valence-corrected chi connectivity index (χ1v) is 5.78. The van der Waals surface area contributed by atoms with Crippen LogP contribution in [0.4, 0.5) is 0 Å². The molecule has 1 aromatic rings. The van der Waals surface area contributed by atoms with E-state index in [1.54, 1.807) is 4.68 Å². The lowest BCUT2D eigenvalue weighted by molar-refractivity contribution is -0.144. The van der Waals surface area contributed by atoms with Crippen LogP contribution in [0.1, 0.15) is 31.0 Å². The number of carboxylic acid groups (broad SMARTS) is 1. The number of hydrogen-bond donors (Lipinski definition) is 1. The van der Waals surface area contributed by atoms with Crippen LogP contribution in [0.15, 0.2) is 0 Å². The Morgan fingerprint density at radius 1 is 1.59 bits per heavy atom. The van der Waals surface area contributed by atoms with Crippen LogP contribution < -0.4 is 0 Å². The molecule has 0 amide bonds. The van der Waals surface area contributed by atoms with Crippen LogP contribution in [0.2, 0.25) is 0 Å². The molecule has 0 aromatic carbocycles. The molecule has 0 spiro atoms. The summed E-state index contributed by atoms with van der Waals surface area (Å²) in [6.45, 7) is 1.73. The van der Waals surface area contributed by atoms with Gasteiger partial charge in [0, 0.05) is 12.5 Å². The number of carboxylic acids is 1. The van der Waals surface area contributed by atoms with Crippen LogP contribution in [-0.2, 0) is 16.1 Å². The fourth-order valence-corrected chi connectivity index (χ4v) is 2.23. The number of carbonyl (C=O) groups is 1. The molecule has 2 aliphatic rings. The molecule has 1 saturated carbocycles. The molecule has 1 saturated heterocycles. The molecule has 1 N–H and O–H groups in total. The van der Waals surface area contributed by atoms with E-state index in [-0.39, 0.29) is 5.92 Å². The quantitative estimate of drug-likeness (QED) is 0.796. The maximum absolute atomic E-state index is 11.1.